The van der Waals surface area contributed by atoms with Gasteiger partial charge in [0, 0.05) is 13.1 Å². The normalized spacial score (nSPS) is 11.8. The number of anilines is 1. The summed E-state index contributed by atoms with van der Waals surface area (Å²) in [4.78, 5) is 24.1. The standard InChI is InChI=1S/C19H20N4O3/c1-12-18(13(2)23(4)22-12)21-19(25)14(3)26-17(24)10-9-15-5-7-16(11-20)8-6-15/h5-10,14H,1-4H3,(H,21,25)/b10-9+/t14-/m0/s1. The molecular weight excluding hydrogens is 332 g/mol. The van der Waals surface area contributed by atoms with E-state index in [2.05, 4.69) is 10.4 Å². The van der Waals surface area contributed by atoms with Crippen molar-refractivity contribution < 1.29 is 14.3 Å². The van der Waals surface area contributed by atoms with Crippen molar-refractivity contribution in [1.82, 2.24) is 9.78 Å². The van der Waals surface area contributed by atoms with Crippen LogP contribution in [0.3, 0.4) is 0 Å². The van der Waals surface area contributed by atoms with Crippen LogP contribution in [0.25, 0.3) is 6.08 Å². The van der Waals surface area contributed by atoms with Gasteiger partial charge >= 0.3 is 5.97 Å². The van der Waals surface area contributed by atoms with Gasteiger partial charge in [-0.2, -0.15) is 10.4 Å². The Morgan fingerprint density at radius 2 is 1.96 bits per heavy atom. The topological polar surface area (TPSA) is 97.0 Å². The van der Waals surface area contributed by atoms with E-state index >= 15 is 0 Å². The molecule has 7 nitrogen and oxygen atoms in total. The SMILES string of the molecule is Cc1nn(C)c(C)c1NC(=O)[C@H](C)OC(=O)/C=C/c1ccc(C#N)cc1. The highest BCUT2D eigenvalue weighted by Gasteiger charge is 2.20. The fraction of sp³-hybridized carbons (Fsp3) is 0.263. The zero-order chi connectivity index (χ0) is 19.3. The monoisotopic (exact) mass is 352 g/mol. The number of carbonyl (C=O) groups excluding carboxylic acids is 2. The maximum absolute atomic E-state index is 12.2. The smallest absolute Gasteiger partial charge is 0.331 e. The lowest BCUT2D eigenvalue weighted by molar-refractivity contribution is -0.148. The van der Waals surface area contributed by atoms with Crippen molar-refractivity contribution in [2.75, 3.05) is 5.32 Å². The minimum absolute atomic E-state index is 0.427. The van der Waals surface area contributed by atoms with Crippen LogP contribution in [0.5, 0.6) is 0 Å². The molecule has 134 valence electrons. The van der Waals surface area contributed by atoms with Gasteiger partial charge in [0.05, 0.1) is 28.7 Å². The first kappa shape index (κ1) is 18.9. The number of benzene rings is 1. The quantitative estimate of drug-likeness (QED) is 0.659. The summed E-state index contributed by atoms with van der Waals surface area (Å²) in [5.41, 5.74) is 3.41. The lowest BCUT2D eigenvalue weighted by Gasteiger charge is -2.12. The molecule has 1 heterocycles. The van der Waals surface area contributed by atoms with Crippen LogP contribution in [-0.2, 0) is 21.4 Å². The zero-order valence-corrected chi connectivity index (χ0v) is 15.1. The van der Waals surface area contributed by atoms with Gasteiger partial charge in [-0.15, -0.1) is 0 Å². The molecule has 0 aliphatic heterocycles. The molecule has 0 unspecified atom stereocenters. The van der Waals surface area contributed by atoms with Gasteiger partial charge in [-0.25, -0.2) is 4.79 Å². The Labute approximate surface area is 151 Å². The minimum Gasteiger partial charge on any atom is -0.449 e. The van der Waals surface area contributed by atoms with Gasteiger partial charge in [-0.05, 0) is 44.5 Å². The average Bonchev–Trinajstić information content (AvgIpc) is 2.86. The number of amides is 1. The molecule has 2 aromatic rings. The molecule has 26 heavy (non-hydrogen) atoms. The van der Waals surface area contributed by atoms with Crippen LogP contribution in [0.15, 0.2) is 30.3 Å². The van der Waals surface area contributed by atoms with E-state index in [4.69, 9.17) is 10.00 Å². The lowest BCUT2D eigenvalue weighted by Crippen LogP contribution is -2.29. The average molecular weight is 352 g/mol. The van der Waals surface area contributed by atoms with Gasteiger partial charge in [0.25, 0.3) is 5.91 Å². The number of nitrogens with one attached hydrogen (secondary N) is 1. The van der Waals surface area contributed by atoms with E-state index < -0.39 is 18.0 Å². The Kier molecular flexibility index (Phi) is 5.91. The molecule has 0 saturated heterocycles. The molecule has 1 atom stereocenters. The van der Waals surface area contributed by atoms with Crippen molar-refractivity contribution in [1.29, 1.82) is 5.26 Å². The highest BCUT2D eigenvalue weighted by molar-refractivity contribution is 5.97. The summed E-state index contributed by atoms with van der Waals surface area (Å²) in [6.07, 6.45) is 1.85. The molecule has 0 spiro atoms. The number of aryl methyl sites for hydroxylation is 2. The van der Waals surface area contributed by atoms with Gasteiger partial charge in [0.2, 0.25) is 0 Å². The number of nitriles is 1. The summed E-state index contributed by atoms with van der Waals surface area (Å²) in [6.45, 7) is 5.13. The summed E-state index contributed by atoms with van der Waals surface area (Å²) >= 11 is 0. The number of hydrogen-bond donors (Lipinski definition) is 1. The highest BCUT2D eigenvalue weighted by Crippen LogP contribution is 2.18. The van der Waals surface area contributed by atoms with E-state index in [-0.39, 0.29) is 0 Å². The molecular formula is C19H20N4O3. The molecule has 2 rings (SSSR count). The van der Waals surface area contributed by atoms with Gasteiger partial charge in [-0.3, -0.25) is 9.48 Å². The van der Waals surface area contributed by atoms with E-state index in [1.165, 1.54) is 13.0 Å². The van der Waals surface area contributed by atoms with Crippen molar-refractivity contribution >= 4 is 23.6 Å². The fourth-order valence-corrected chi connectivity index (χ4v) is 2.28. The second-order valence-electron chi connectivity index (χ2n) is 5.80. The maximum atomic E-state index is 12.2. The largest absolute Gasteiger partial charge is 0.449 e. The number of ether oxygens (including phenoxy) is 1. The third-order valence-corrected chi connectivity index (χ3v) is 3.87. The van der Waals surface area contributed by atoms with Crippen LogP contribution in [0.4, 0.5) is 5.69 Å². The number of carbonyl (C=O) groups is 2. The lowest BCUT2D eigenvalue weighted by atomic mass is 10.1. The van der Waals surface area contributed by atoms with Crippen LogP contribution in [-0.4, -0.2) is 27.8 Å². The zero-order valence-electron chi connectivity index (χ0n) is 15.1. The maximum Gasteiger partial charge on any atom is 0.331 e. The van der Waals surface area contributed by atoms with E-state index in [1.807, 2.05) is 13.0 Å². The summed E-state index contributed by atoms with van der Waals surface area (Å²) in [6, 6.07) is 8.76. The minimum atomic E-state index is -0.952. The van der Waals surface area contributed by atoms with Crippen LogP contribution < -0.4 is 5.32 Å². The molecule has 1 N–H and O–H groups in total. The Morgan fingerprint density at radius 1 is 1.31 bits per heavy atom. The molecule has 0 fully saturated rings. The Balaban J connectivity index is 1.94. The Hall–Kier alpha value is -3.40. The van der Waals surface area contributed by atoms with E-state index in [1.54, 1.807) is 49.0 Å². The first-order chi connectivity index (χ1) is 12.3. The third kappa shape index (κ3) is 4.57. The van der Waals surface area contributed by atoms with Crippen molar-refractivity contribution in [2.24, 2.45) is 7.05 Å². The predicted octanol–water partition coefficient (Wildman–Crippen LogP) is 2.49. The molecule has 0 aliphatic carbocycles. The number of rotatable bonds is 5. The van der Waals surface area contributed by atoms with Gasteiger partial charge in [0.15, 0.2) is 6.10 Å². The number of aromatic nitrogens is 2. The first-order valence-electron chi connectivity index (χ1n) is 8.01. The number of hydrogen-bond acceptors (Lipinski definition) is 5. The van der Waals surface area contributed by atoms with Gasteiger partial charge < -0.3 is 10.1 Å². The van der Waals surface area contributed by atoms with Gasteiger partial charge in [-0.1, -0.05) is 12.1 Å². The second-order valence-corrected chi connectivity index (χ2v) is 5.80. The molecule has 1 aromatic heterocycles. The molecule has 0 saturated carbocycles. The Morgan fingerprint density at radius 3 is 2.50 bits per heavy atom. The highest BCUT2D eigenvalue weighted by atomic mass is 16.5. The molecule has 1 aromatic carbocycles. The van der Waals surface area contributed by atoms with E-state index in [0.29, 0.717) is 16.9 Å². The molecule has 1 amide bonds. The summed E-state index contributed by atoms with van der Waals surface area (Å²) in [5.74, 6) is -1.05. The van der Waals surface area contributed by atoms with Gasteiger partial charge in [0.1, 0.15) is 0 Å². The number of esters is 1. The predicted molar refractivity (Wildman–Crippen MR) is 97.1 cm³/mol. The number of nitrogens with zero attached hydrogens (tertiary/aromatic N) is 3. The second kappa shape index (κ2) is 8.12. The van der Waals surface area contributed by atoms with Crippen LogP contribution in [0, 0.1) is 25.2 Å². The third-order valence-electron chi connectivity index (χ3n) is 3.87. The van der Waals surface area contributed by atoms with E-state index in [9.17, 15) is 9.59 Å². The van der Waals surface area contributed by atoms with Crippen molar-refractivity contribution in [3.05, 3.63) is 52.9 Å². The molecule has 0 bridgehead atoms. The summed E-state index contributed by atoms with van der Waals surface area (Å²) in [7, 11) is 1.79. The van der Waals surface area contributed by atoms with E-state index in [0.717, 1.165) is 11.3 Å². The first-order valence-corrected chi connectivity index (χ1v) is 8.01. The van der Waals surface area contributed by atoms with Crippen molar-refractivity contribution in [3.8, 4) is 6.07 Å². The summed E-state index contributed by atoms with van der Waals surface area (Å²) in [5, 5.41) is 15.7. The van der Waals surface area contributed by atoms with Crippen molar-refractivity contribution in [2.45, 2.75) is 26.9 Å². The fourth-order valence-electron chi connectivity index (χ4n) is 2.28. The van der Waals surface area contributed by atoms with Crippen molar-refractivity contribution in [3.63, 3.8) is 0 Å². The summed E-state index contributed by atoms with van der Waals surface area (Å²) < 4.78 is 6.79. The van der Waals surface area contributed by atoms with Crippen LogP contribution in [0.2, 0.25) is 0 Å². The molecule has 0 aliphatic rings. The van der Waals surface area contributed by atoms with Crippen LogP contribution in [0.1, 0.15) is 29.4 Å². The Bertz CT molecular complexity index is 889. The molecule has 0 radical (unpaired) electrons. The molecule has 7 heteroatoms. The van der Waals surface area contributed by atoms with Crippen LogP contribution >= 0.6 is 0 Å².